The monoisotopic (exact) mass is 411 g/mol. The summed E-state index contributed by atoms with van der Waals surface area (Å²) in [5.41, 5.74) is 1.20. The average molecular weight is 412 g/mol. The van der Waals surface area contributed by atoms with E-state index in [1.54, 1.807) is 21.3 Å². The van der Waals surface area contributed by atoms with Crippen molar-refractivity contribution in [2.75, 3.05) is 46.4 Å². The third kappa shape index (κ3) is 6.02. The summed E-state index contributed by atoms with van der Waals surface area (Å²) in [5.74, 6) is 2.16. The Morgan fingerprint density at radius 1 is 1.11 bits per heavy atom. The Balaban J connectivity index is 2.14. The summed E-state index contributed by atoms with van der Waals surface area (Å²) in [6.07, 6.45) is 6.99. The van der Waals surface area contributed by atoms with Crippen LogP contribution in [0, 0.1) is 0 Å². The molecule has 8 heteroatoms. The largest absolute Gasteiger partial charge is 0.493 e. The fourth-order valence-electron chi connectivity index (χ4n) is 3.79. The third-order valence-electron chi connectivity index (χ3n) is 5.39. The maximum Gasteiger partial charge on any atom is 0.191 e. The van der Waals surface area contributed by atoms with Crippen molar-refractivity contribution in [1.29, 1.82) is 0 Å². The Bertz CT molecular complexity index is 772. The zero-order valence-electron chi connectivity index (χ0n) is 17.4. The number of ether oxygens (including phenoxy) is 2. The van der Waals surface area contributed by atoms with Crippen LogP contribution in [0.15, 0.2) is 23.2 Å². The molecule has 1 saturated carbocycles. The van der Waals surface area contributed by atoms with Gasteiger partial charge in [-0.05, 0) is 30.5 Å². The molecular weight excluding hydrogens is 378 g/mol. The molecule has 1 aromatic rings. The number of methoxy groups -OCH3 is 2. The molecule has 28 heavy (non-hydrogen) atoms. The van der Waals surface area contributed by atoms with E-state index in [4.69, 9.17) is 9.47 Å². The SMILES string of the molecule is CN=C(NCCS(C)(=O)=O)NCC1(c2ccc(OC)c(OC)c2)CCCCC1. The number of nitrogens with one attached hydrogen (secondary N) is 2. The number of benzene rings is 1. The van der Waals surface area contributed by atoms with Gasteiger partial charge in [0.1, 0.15) is 9.84 Å². The third-order valence-corrected chi connectivity index (χ3v) is 6.34. The Kier molecular flexibility index (Phi) is 7.98. The second kappa shape index (κ2) is 10.0. The first-order valence-electron chi connectivity index (χ1n) is 9.68. The van der Waals surface area contributed by atoms with Crippen molar-refractivity contribution in [2.24, 2.45) is 4.99 Å². The zero-order valence-corrected chi connectivity index (χ0v) is 18.2. The van der Waals surface area contributed by atoms with E-state index in [1.807, 2.05) is 6.07 Å². The van der Waals surface area contributed by atoms with Gasteiger partial charge in [-0.25, -0.2) is 8.42 Å². The highest BCUT2D eigenvalue weighted by Crippen LogP contribution is 2.42. The quantitative estimate of drug-likeness (QED) is 0.503. The molecule has 0 amide bonds. The highest BCUT2D eigenvalue weighted by Gasteiger charge is 2.34. The van der Waals surface area contributed by atoms with Crippen LogP contribution in [0.4, 0.5) is 0 Å². The summed E-state index contributed by atoms with van der Waals surface area (Å²) < 4.78 is 33.6. The van der Waals surface area contributed by atoms with Crippen LogP contribution in [0.1, 0.15) is 37.7 Å². The minimum absolute atomic E-state index is 0.0216. The van der Waals surface area contributed by atoms with Gasteiger partial charge < -0.3 is 20.1 Å². The maximum absolute atomic E-state index is 11.3. The summed E-state index contributed by atoms with van der Waals surface area (Å²) in [6.45, 7) is 1.06. The first kappa shape index (κ1) is 22.3. The number of rotatable bonds is 8. The molecule has 0 unspecified atom stereocenters. The molecule has 1 aromatic carbocycles. The molecule has 1 aliphatic carbocycles. The molecule has 0 radical (unpaired) electrons. The van der Waals surface area contributed by atoms with Crippen molar-refractivity contribution in [3.8, 4) is 11.5 Å². The van der Waals surface area contributed by atoms with Crippen LogP contribution < -0.4 is 20.1 Å². The minimum Gasteiger partial charge on any atom is -0.493 e. The Labute approximate surface area is 168 Å². The normalized spacial score (nSPS) is 17.1. The number of nitrogens with zero attached hydrogens (tertiary/aromatic N) is 1. The van der Waals surface area contributed by atoms with Crippen LogP contribution in [0.25, 0.3) is 0 Å². The summed E-state index contributed by atoms with van der Waals surface area (Å²) in [6, 6.07) is 6.16. The van der Waals surface area contributed by atoms with Gasteiger partial charge in [-0.15, -0.1) is 0 Å². The molecule has 158 valence electrons. The molecule has 0 atom stereocenters. The van der Waals surface area contributed by atoms with E-state index < -0.39 is 9.84 Å². The van der Waals surface area contributed by atoms with Crippen LogP contribution in [0.2, 0.25) is 0 Å². The number of guanidine groups is 1. The van der Waals surface area contributed by atoms with Gasteiger partial charge in [0.25, 0.3) is 0 Å². The molecule has 1 aliphatic rings. The number of hydrogen-bond donors (Lipinski definition) is 2. The van der Waals surface area contributed by atoms with E-state index in [1.165, 1.54) is 31.1 Å². The van der Waals surface area contributed by atoms with Gasteiger partial charge in [0.15, 0.2) is 17.5 Å². The lowest BCUT2D eigenvalue weighted by atomic mass is 9.69. The van der Waals surface area contributed by atoms with Crippen LogP contribution in [0.3, 0.4) is 0 Å². The smallest absolute Gasteiger partial charge is 0.191 e. The van der Waals surface area contributed by atoms with Gasteiger partial charge >= 0.3 is 0 Å². The van der Waals surface area contributed by atoms with Crippen molar-refractivity contribution in [3.05, 3.63) is 23.8 Å². The van der Waals surface area contributed by atoms with E-state index in [2.05, 4.69) is 27.8 Å². The predicted octanol–water partition coefficient (Wildman–Crippen LogP) is 2.12. The van der Waals surface area contributed by atoms with Crippen molar-refractivity contribution < 1.29 is 17.9 Å². The van der Waals surface area contributed by atoms with Crippen molar-refractivity contribution in [1.82, 2.24) is 10.6 Å². The fraction of sp³-hybridized carbons (Fsp3) is 0.650. The van der Waals surface area contributed by atoms with Crippen molar-refractivity contribution in [2.45, 2.75) is 37.5 Å². The van der Waals surface area contributed by atoms with Crippen LogP contribution in [-0.4, -0.2) is 60.7 Å². The molecule has 2 rings (SSSR count). The highest BCUT2D eigenvalue weighted by molar-refractivity contribution is 7.90. The average Bonchev–Trinajstić information content (AvgIpc) is 2.69. The number of hydrogen-bond acceptors (Lipinski definition) is 5. The fourth-order valence-corrected chi connectivity index (χ4v) is 4.26. The lowest BCUT2D eigenvalue weighted by Gasteiger charge is -2.38. The second-order valence-electron chi connectivity index (χ2n) is 7.39. The summed E-state index contributed by atoms with van der Waals surface area (Å²) >= 11 is 0. The van der Waals surface area contributed by atoms with Crippen LogP contribution >= 0.6 is 0 Å². The molecular formula is C20H33N3O4S. The molecule has 0 aliphatic heterocycles. The van der Waals surface area contributed by atoms with E-state index in [0.29, 0.717) is 12.5 Å². The van der Waals surface area contributed by atoms with Gasteiger partial charge in [0, 0.05) is 31.8 Å². The van der Waals surface area contributed by atoms with Gasteiger partial charge in [0.05, 0.1) is 20.0 Å². The Hall–Kier alpha value is -1.96. The van der Waals surface area contributed by atoms with Gasteiger partial charge in [-0.3, -0.25) is 4.99 Å². The molecule has 0 bridgehead atoms. The first-order valence-corrected chi connectivity index (χ1v) is 11.7. The summed E-state index contributed by atoms with van der Waals surface area (Å²) in [5, 5.41) is 6.49. The number of aliphatic imine (C=N–C) groups is 1. The zero-order chi connectivity index (χ0) is 20.6. The lowest BCUT2D eigenvalue weighted by molar-refractivity contribution is 0.288. The second-order valence-corrected chi connectivity index (χ2v) is 9.65. The molecule has 1 fully saturated rings. The highest BCUT2D eigenvalue weighted by atomic mass is 32.2. The van der Waals surface area contributed by atoms with Gasteiger partial charge in [0.2, 0.25) is 0 Å². The molecule has 0 saturated heterocycles. The summed E-state index contributed by atoms with van der Waals surface area (Å²) in [7, 11) is 1.98. The molecule has 0 spiro atoms. The summed E-state index contributed by atoms with van der Waals surface area (Å²) in [4.78, 5) is 4.23. The van der Waals surface area contributed by atoms with Gasteiger partial charge in [-0.2, -0.15) is 0 Å². The van der Waals surface area contributed by atoms with E-state index in [9.17, 15) is 8.42 Å². The molecule has 0 aromatic heterocycles. The Morgan fingerprint density at radius 3 is 2.36 bits per heavy atom. The molecule has 7 nitrogen and oxygen atoms in total. The Morgan fingerprint density at radius 2 is 1.79 bits per heavy atom. The van der Waals surface area contributed by atoms with Gasteiger partial charge in [-0.1, -0.05) is 25.3 Å². The van der Waals surface area contributed by atoms with Crippen molar-refractivity contribution in [3.63, 3.8) is 0 Å². The van der Waals surface area contributed by atoms with Crippen molar-refractivity contribution >= 4 is 15.8 Å². The molecule has 2 N–H and O–H groups in total. The van der Waals surface area contributed by atoms with Crippen LogP contribution in [0.5, 0.6) is 11.5 Å². The maximum atomic E-state index is 11.3. The first-order chi connectivity index (χ1) is 13.3. The van der Waals surface area contributed by atoms with E-state index in [-0.39, 0.29) is 11.2 Å². The van der Waals surface area contributed by atoms with Crippen LogP contribution in [-0.2, 0) is 15.3 Å². The lowest BCUT2D eigenvalue weighted by Crippen LogP contribution is -2.47. The predicted molar refractivity (Wildman–Crippen MR) is 113 cm³/mol. The van der Waals surface area contributed by atoms with E-state index >= 15 is 0 Å². The minimum atomic E-state index is -3.00. The van der Waals surface area contributed by atoms with E-state index in [0.717, 1.165) is 30.9 Å². The topological polar surface area (TPSA) is 89.0 Å². The standard InChI is InChI=1S/C20H33N3O4S/c1-21-19(22-12-13-28(4,24)25)23-15-20(10-6-5-7-11-20)16-8-9-17(26-2)18(14-16)27-3/h8-9,14H,5-7,10-13,15H2,1-4H3,(H2,21,22,23). The molecule has 0 heterocycles. The number of sulfone groups is 1.